The van der Waals surface area contributed by atoms with Gasteiger partial charge in [-0.1, -0.05) is 29.8 Å². The molecule has 8 nitrogen and oxygen atoms in total. The van der Waals surface area contributed by atoms with E-state index in [1.165, 1.54) is 18.2 Å². The number of H-pyrrole nitrogens is 1. The number of aromatic hydroxyl groups is 1. The second kappa shape index (κ2) is 9.68. The van der Waals surface area contributed by atoms with E-state index in [2.05, 4.69) is 4.98 Å². The Morgan fingerprint density at radius 3 is 2.61 bits per heavy atom. The van der Waals surface area contributed by atoms with Crippen LogP contribution in [0, 0.1) is 6.92 Å². The number of aromatic nitrogens is 1. The number of halogens is 1. The number of phenolic OH excluding ortho intramolecular Hbond substituents is 1. The Balaban J connectivity index is 1.76. The van der Waals surface area contributed by atoms with Crippen LogP contribution >= 0.6 is 11.6 Å². The lowest BCUT2D eigenvalue weighted by Crippen LogP contribution is -2.58. The number of carbonyl (C=O) groups is 3. The van der Waals surface area contributed by atoms with Crippen LogP contribution in [0.15, 0.2) is 59.8 Å². The van der Waals surface area contributed by atoms with Gasteiger partial charge in [0.25, 0.3) is 0 Å². The molecule has 0 fully saturated rings. The molecule has 196 valence electrons. The third-order valence-electron chi connectivity index (χ3n) is 7.04. The maximum atomic E-state index is 13.9. The molecular weight excluding hydrogens is 508 g/mol. The molecule has 1 aromatic heterocycles. The van der Waals surface area contributed by atoms with E-state index in [1.807, 2.05) is 24.3 Å². The zero-order chi connectivity index (χ0) is 27.2. The number of benzene rings is 2. The minimum Gasteiger partial charge on any atom is -0.507 e. The number of esters is 2. The molecule has 0 spiro atoms. The summed E-state index contributed by atoms with van der Waals surface area (Å²) in [6, 6.07) is 10.5. The van der Waals surface area contributed by atoms with E-state index in [9.17, 15) is 19.5 Å². The molecule has 0 bridgehead atoms. The monoisotopic (exact) mass is 534 g/mol. The fourth-order valence-corrected chi connectivity index (χ4v) is 5.50. The highest BCUT2D eigenvalue weighted by atomic mass is 35.5. The molecule has 0 radical (unpaired) electrons. The van der Waals surface area contributed by atoms with E-state index < -0.39 is 23.3 Å². The van der Waals surface area contributed by atoms with Gasteiger partial charge in [0.2, 0.25) is 5.54 Å². The van der Waals surface area contributed by atoms with Crippen LogP contribution in [-0.2, 0) is 31.0 Å². The number of allylic oxidation sites excluding steroid dienone is 2. The van der Waals surface area contributed by atoms with Crippen molar-refractivity contribution in [2.75, 3.05) is 19.8 Å². The molecule has 2 aliphatic rings. The standard InChI is InChI=1S/C29H27ClN2O6/c1-4-37-27(35)21-13-17(25(34)20-14-22(30)16(3)12-24(20)33)15-32-11-10-19-18-8-6-7-9-23(18)31-26(19)29(21,32)28(36)38-5-2/h6-9,12-15,31,33H,4-5,10-11H2,1-3H3. The zero-order valence-electron chi connectivity index (χ0n) is 21.3. The number of rotatable bonds is 6. The molecule has 9 heteroatoms. The van der Waals surface area contributed by atoms with E-state index in [0.29, 0.717) is 29.2 Å². The maximum Gasteiger partial charge on any atom is 0.343 e. The van der Waals surface area contributed by atoms with E-state index in [4.69, 9.17) is 21.1 Å². The lowest BCUT2D eigenvalue weighted by Gasteiger charge is -2.46. The number of aryl methyl sites for hydroxylation is 1. The van der Waals surface area contributed by atoms with Crippen LogP contribution in [0.2, 0.25) is 5.02 Å². The Morgan fingerprint density at radius 2 is 1.87 bits per heavy atom. The molecule has 38 heavy (non-hydrogen) atoms. The second-order valence-corrected chi connectivity index (χ2v) is 9.62. The average molecular weight is 535 g/mol. The number of hydrogen-bond acceptors (Lipinski definition) is 7. The van der Waals surface area contributed by atoms with Crippen LogP contribution in [-0.4, -0.2) is 52.5 Å². The van der Waals surface area contributed by atoms with Gasteiger partial charge < -0.3 is 24.5 Å². The highest BCUT2D eigenvalue weighted by molar-refractivity contribution is 6.32. The molecule has 1 unspecified atom stereocenters. The summed E-state index contributed by atoms with van der Waals surface area (Å²) in [6.45, 7) is 5.55. The van der Waals surface area contributed by atoms with E-state index in [-0.39, 0.29) is 35.7 Å². The van der Waals surface area contributed by atoms with Gasteiger partial charge >= 0.3 is 11.9 Å². The lowest BCUT2D eigenvalue weighted by molar-refractivity contribution is -0.159. The molecule has 0 saturated heterocycles. The number of ketones is 1. The number of nitrogens with zero attached hydrogens (tertiary/aromatic N) is 1. The molecule has 1 atom stereocenters. The Kier molecular flexibility index (Phi) is 6.53. The molecule has 2 N–H and O–H groups in total. The Hall–Kier alpha value is -4.04. The topological polar surface area (TPSA) is 109 Å². The lowest BCUT2D eigenvalue weighted by atomic mass is 9.75. The molecule has 2 aromatic carbocycles. The van der Waals surface area contributed by atoms with Gasteiger partial charge in [0.15, 0.2) is 5.78 Å². The Bertz CT molecular complexity index is 1550. The first-order valence-electron chi connectivity index (χ1n) is 12.4. The van der Waals surface area contributed by atoms with Gasteiger partial charge in [0.1, 0.15) is 5.75 Å². The first-order chi connectivity index (χ1) is 18.2. The molecule has 2 aliphatic heterocycles. The van der Waals surface area contributed by atoms with Gasteiger partial charge in [-0.3, -0.25) is 4.79 Å². The summed E-state index contributed by atoms with van der Waals surface area (Å²) < 4.78 is 11.0. The number of Topliss-reactive ketones (excluding diaryl/α,β-unsaturated/α-hetero) is 1. The van der Waals surface area contributed by atoms with Crippen molar-refractivity contribution in [3.05, 3.63) is 87.2 Å². The SMILES string of the molecule is CCOC(=O)C1=CC(C(=O)c2cc(Cl)c(C)cc2O)=CN2CCc3c([nH]c4ccccc34)C12C(=O)OCC. The summed E-state index contributed by atoms with van der Waals surface area (Å²) in [5.74, 6) is -2.19. The van der Waals surface area contributed by atoms with Crippen LogP contribution in [0.4, 0.5) is 0 Å². The summed E-state index contributed by atoms with van der Waals surface area (Å²) >= 11 is 6.25. The van der Waals surface area contributed by atoms with Crippen molar-refractivity contribution >= 4 is 40.2 Å². The van der Waals surface area contributed by atoms with Crippen molar-refractivity contribution in [3.63, 3.8) is 0 Å². The average Bonchev–Trinajstić information content (AvgIpc) is 3.29. The number of carbonyl (C=O) groups excluding carboxylic acids is 3. The van der Waals surface area contributed by atoms with Crippen LogP contribution in [0.3, 0.4) is 0 Å². The summed E-state index contributed by atoms with van der Waals surface area (Å²) in [7, 11) is 0. The van der Waals surface area contributed by atoms with E-state index >= 15 is 0 Å². The smallest absolute Gasteiger partial charge is 0.343 e. The first kappa shape index (κ1) is 25.6. The molecule has 0 saturated carbocycles. The first-order valence-corrected chi connectivity index (χ1v) is 12.8. The molecule has 0 amide bonds. The number of para-hydroxylation sites is 1. The van der Waals surface area contributed by atoms with Crippen LogP contribution in [0.5, 0.6) is 5.75 Å². The van der Waals surface area contributed by atoms with Crippen LogP contribution in [0.1, 0.15) is 41.0 Å². The number of phenols is 1. The normalized spacial score (nSPS) is 18.3. The highest BCUT2D eigenvalue weighted by Gasteiger charge is 2.58. The predicted molar refractivity (Wildman–Crippen MR) is 142 cm³/mol. The number of aromatic amines is 1. The minimum absolute atomic E-state index is 0.0155. The molecule has 0 aliphatic carbocycles. The Labute approximate surface area is 224 Å². The van der Waals surface area contributed by atoms with Crippen molar-refractivity contribution in [2.45, 2.75) is 32.7 Å². The van der Waals surface area contributed by atoms with Crippen molar-refractivity contribution in [2.24, 2.45) is 0 Å². The number of ether oxygens (including phenoxy) is 2. The van der Waals surface area contributed by atoms with Crippen LogP contribution < -0.4 is 0 Å². The number of fused-ring (bicyclic) bond motifs is 5. The third-order valence-corrected chi connectivity index (χ3v) is 7.45. The number of hydrogen-bond donors (Lipinski definition) is 2. The second-order valence-electron chi connectivity index (χ2n) is 9.21. The summed E-state index contributed by atoms with van der Waals surface area (Å²) in [5.41, 5.74) is 1.18. The summed E-state index contributed by atoms with van der Waals surface area (Å²) in [5, 5.41) is 11.8. The fourth-order valence-electron chi connectivity index (χ4n) is 5.34. The van der Waals surface area contributed by atoms with Crippen molar-refractivity contribution in [1.82, 2.24) is 9.88 Å². The summed E-state index contributed by atoms with van der Waals surface area (Å²) in [6.07, 6.45) is 3.46. The van der Waals surface area contributed by atoms with Gasteiger partial charge in [0, 0.05) is 34.2 Å². The largest absolute Gasteiger partial charge is 0.507 e. The van der Waals surface area contributed by atoms with Crippen molar-refractivity contribution in [3.8, 4) is 5.75 Å². The van der Waals surface area contributed by atoms with Crippen LogP contribution in [0.25, 0.3) is 10.9 Å². The molecule has 5 rings (SSSR count). The van der Waals surface area contributed by atoms with Gasteiger partial charge in [-0.25, -0.2) is 9.59 Å². The zero-order valence-corrected chi connectivity index (χ0v) is 22.0. The van der Waals surface area contributed by atoms with Gasteiger partial charge in [-0.2, -0.15) is 0 Å². The quantitative estimate of drug-likeness (QED) is 0.348. The number of nitrogens with one attached hydrogen (secondary N) is 1. The highest BCUT2D eigenvalue weighted by Crippen LogP contribution is 2.48. The van der Waals surface area contributed by atoms with Crippen molar-refractivity contribution < 1.29 is 29.0 Å². The van der Waals surface area contributed by atoms with Gasteiger partial charge in [-0.05, 0) is 62.6 Å². The van der Waals surface area contributed by atoms with Gasteiger partial charge in [-0.15, -0.1) is 0 Å². The third kappa shape index (κ3) is 3.79. The molecule has 3 aromatic rings. The molecular formula is C29H27ClN2O6. The van der Waals surface area contributed by atoms with Gasteiger partial charge in [0.05, 0.1) is 30.0 Å². The Morgan fingerprint density at radius 1 is 1.13 bits per heavy atom. The van der Waals surface area contributed by atoms with E-state index in [0.717, 1.165) is 16.5 Å². The maximum absolute atomic E-state index is 13.9. The van der Waals surface area contributed by atoms with E-state index in [1.54, 1.807) is 31.9 Å². The summed E-state index contributed by atoms with van der Waals surface area (Å²) in [4.78, 5) is 46.1. The molecule has 3 heterocycles. The van der Waals surface area contributed by atoms with Crippen molar-refractivity contribution in [1.29, 1.82) is 0 Å². The minimum atomic E-state index is -1.69. The fraction of sp³-hybridized carbons (Fsp3) is 0.276. The predicted octanol–water partition coefficient (Wildman–Crippen LogP) is 4.72.